The first kappa shape index (κ1) is 24.3. The molecule has 1 heterocycles. The molecule has 168 valence electrons. The smallest absolute Gasteiger partial charge is 0.321 e. The van der Waals surface area contributed by atoms with Gasteiger partial charge in [0.05, 0.1) is 4.90 Å². The number of nitrogens with zero attached hydrogens (tertiary/aromatic N) is 1. The van der Waals surface area contributed by atoms with Crippen molar-refractivity contribution in [2.45, 2.75) is 45.6 Å². The highest BCUT2D eigenvalue weighted by Crippen LogP contribution is 2.20. The molecule has 0 fully saturated rings. The molecule has 0 unspecified atom stereocenters. The van der Waals surface area contributed by atoms with E-state index < -0.39 is 29.1 Å². The molecule has 0 aliphatic carbocycles. The zero-order valence-corrected chi connectivity index (χ0v) is 19.0. The second-order valence-corrected chi connectivity index (χ2v) is 9.13. The number of Topliss-reactive ketones (excluding diaryl/α,β-unsaturated/α-hetero) is 1. The minimum absolute atomic E-state index is 0.0772. The average molecular weight is 450 g/mol. The minimum atomic E-state index is -3.96. The van der Waals surface area contributed by atoms with Gasteiger partial charge in [0.2, 0.25) is 21.7 Å². The summed E-state index contributed by atoms with van der Waals surface area (Å²) in [5, 5.41) is 2.53. The number of ketones is 1. The predicted octanol–water partition coefficient (Wildman–Crippen LogP) is 2.35. The summed E-state index contributed by atoms with van der Waals surface area (Å²) in [5.74, 6) is -1.51. The lowest BCUT2D eigenvalue weighted by Gasteiger charge is -2.13. The van der Waals surface area contributed by atoms with Crippen LogP contribution in [0, 0.1) is 13.8 Å². The van der Waals surface area contributed by atoms with Gasteiger partial charge in [-0.15, -0.1) is 0 Å². The molecule has 2 aromatic rings. The molecule has 2 N–H and O–H groups in total. The van der Waals surface area contributed by atoms with Crippen molar-refractivity contribution in [3.8, 4) is 0 Å². The number of benzene rings is 1. The molecule has 1 amide bonds. The summed E-state index contributed by atoms with van der Waals surface area (Å²) in [7, 11) is -3.96. The highest BCUT2D eigenvalue weighted by Gasteiger charge is 2.20. The minimum Gasteiger partial charge on any atom is -0.456 e. The van der Waals surface area contributed by atoms with Gasteiger partial charge >= 0.3 is 5.97 Å². The third-order valence-corrected chi connectivity index (χ3v) is 5.97. The molecule has 0 saturated heterocycles. The lowest BCUT2D eigenvalue weighted by molar-refractivity contribution is -0.141. The number of anilines is 1. The van der Waals surface area contributed by atoms with E-state index in [0.717, 1.165) is 11.4 Å². The van der Waals surface area contributed by atoms with Crippen LogP contribution in [0.15, 0.2) is 35.2 Å². The number of aromatic nitrogens is 1. The number of aryl methyl sites for hydroxylation is 1. The number of ether oxygens (including phenoxy) is 1. The Bertz CT molecular complexity index is 1090. The summed E-state index contributed by atoms with van der Waals surface area (Å²) in [6.45, 7) is 7.98. The average Bonchev–Trinajstić information content (AvgIpc) is 2.98. The Kier molecular flexibility index (Phi) is 7.75. The highest BCUT2D eigenvalue weighted by molar-refractivity contribution is 7.89. The molecule has 0 radical (unpaired) electrons. The van der Waals surface area contributed by atoms with E-state index in [0.29, 0.717) is 11.3 Å². The number of carbonyl (C=O) groups is 3. The number of carbonyl (C=O) groups excluding carboxylic acids is 3. The lowest BCUT2D eigenvalue weighted by atomic mass is 10.1. The van der Waals surface area contributed by atoms with Crippen molar-refractivity contribution in [2.24, 2.45) is 0 Å². The van der Waals surface area contributed by atoms with Gasteiger partial charge in [0.15, 0.2) is 6.61 Å². The van der Waals surface area contributed by atoms with E-state index in [-0.39, 0.29) is 22.6 Å². The van der Waals surface area contributed by atoms with E-state index in [1.165, 1.54) is 31.2 Å². The molecule has 10 heteroatoms. The SMILES string of the molecule is CC(=O)Nc1ccc(S(=O)(=O)NCC(=O)OCC(=O)c2cc(C)n(C(C)C)c2C)cc1. The zero-order chi connectivity index (χ0) is 23.3. The van der Waals surface area contributed by atoms with Crippen LogP contribution in [-0.2, 0) is 24.3 Å². The molecule has 1 aromatic carbocycles. The maximum atomic E-state index is 12.4. The van der Waals surface area contributed by atoms with Crippen LogP contribution < -0.4 is 10.0 Å². The van der Waals surface area contributed by atoms with Crippen LogP contribution in [0.3, 0.4) is 0 Å². The van der Waals surface area contributed by atoms with Crippen molar-refractivity contribution in [3.63, 3.8) is 0 Å². The van der Waals surface area contributed by atoms with Crippen LogP contribution >= 0.6 is 0 Å². The van der Waals surface area contributed by atoms with E-state index in [9.17, 15) is 22.8 Å². The van der Waals surface area contributed by atoms with E-state index in [1.54, 1.807) is 6.07 Å². The first-order valence-corrected chi connectivity index (χ1v) is 11.1. The summed E-state index contributed by atoms with van der Waals surface area (Å²) in [4.78, 5) is 35.3. The van der Waals surface area contributed by atoms with E-state index in [4.69, 9.17) is 4.74 Å². The van der Waals surface area contributed by atoms with E-state index in [1.807, 2.05) is 32.3 Å². The maximum Gasteiger partial charge on any atom is 0.321 e. The van der Waals surface area contributed by atoms with Crippen molar-refractivity contribution in [2.75, 3.05) is 18.5 Å². The number of sulfonamides is 1. The van der Waals surface area contributed by atoms with Crippen molar-refractivity contribution in [1.82, 2.24) is 9.29 Å². The fourth-order valence-electron chi connectivity index (χ4n) is 3.29. The molecule has 1 aromatic heterocycles. The van der Waals surface area contributed by atoms with Crippen LogP contribution in [0.4, 0.5) is 5.69 Å². The van der Waals surface area contributed by atoms with Gasteiger partial charge in [0.25, 0.3) is 0 Å². The number of esters is 1. The molecule has 0 aliphatic heterocycles. The Hall–Kier alpha value is -2.98. The molecule has 2 rings (SSSR count). The summed E-state index contributed by atoms with van der Waals surface area (Å²) < 4.78 is 33.7. The lowest BCUT2D eigenvalue weighted by Crippen LogP contribution is -2.31. The number of hydrogen-bond acceptors (Lipinski definition) is 6. The molecular weight excluding hydrogens is 422 g/mol. The molecule has 0 bridgehead atoms. The Morgan fingerprint density at radius 2 is 1.71 bits per heavy atom. The van der Waals surface area contributed by atoms with Gasteiger partial charge in [-0.2, -0.15) is 4.72 Å². The van der Waals surface area contributed by atoms with Gasteiger partial charge in [-0.25, -0.2) is 8.42 Å². The summed E-state index contributed by atoms with van der Waals surface area (Å²) in [5.41, 5.74) is 2.64. The first-order chi connectivity index (χ1) is 14.4. The number of nitrogens with one attached hydrogen (secondary N) is 2. The van der Waals surface area contributed by atoms with Crippen molar-refractivity contribution in [3.05, 3.63) is 47.3 Å². The normalized spacial score (nSPS) is 11.4. The largest absolute Gasteiger partial charge is 0.456 e. The van der Waals surface area contributed by atoms with Gasteiger partial charge in [-0.3, -0.25) is 14.4 Å². The number of rotatable bonds is 9. The van der Waals surface area contributed by atoms with Crippen LogP contribution in [0.25, 0.3) is 0 Å². The third-order valence-electron chi connectivity index (χ3n) is 4.56. The van der Waals surface area contributed by atoms with Crippen LogP contribution in [-0.4, -0.2) is 43.8 Å². The topological polar surface area (TPSA) is 124 Å². The first-order valence-electron chi connectivity index (χ1n) is 9.67. The Morgan fingerprint density at radius 3 is 2.23 bits per heavy atom. The van der Waals surface area contributed by atoms with Gasteiger partial charge in [0, 0.05) is 35.6 Å². The van der Waals surface area contributed by atoms with Crippen LogP contribution in [0.2, 0.25) is 0 Å². The molecule has 0 aliphatic rings. The second-order valence-electron chi connectivity index (χ2n) is 7.36. The summed E-state index contributed by atoms with van der Waals surface area (Å²) in [6.07, 6.45) is 0. The second kappa shape index (κ2) is 9.88. The summed E-state index contributed by atoms with van der Waals surface area (Å²) in [6, 6.07) is 7.39. The Balaban J connectivity index is 1.92. The fourth-order valence-corrected chi connectivity index (χ4v) is 4.26. The molecule has 0 saturated carbocycles. The Morgan fingerprint density at radius 1 is 1.10 bits per heavy atom. The predicted molar refractivity (Wildman–Crippen MR) is 116 cm³/mol. The van der Waals surface area contributed by atoms with Gasteiger partial charge in [0.1, 0.15) is 6.54 Å². The zero-order valence-electron chi connectivity index (χ0n) is 18.2. The number of hydrogen-bond donors (Lipinski definition) is 2. The fraction of sp³-hybridized carbons (Fsp3) is 0.381. The van der Waals surface area contributed by atoms with Crippen molar-refractivity contribution < 1.29 is 27.5 Å². The van der Waals surface area contributed by atoms with Gasteiger partial charge in [-0.05, 0) is 58.0 Å². The van der Waals surface area contributed by atoms with Crippen LogP contribution in [0.1, 0.15) is 48.6 Å². The molecule has 31 heavy (non-hydrogen) atoms. The molecule has 9 nitrogen and oxygen atoms in total. The maximum absolute atomic E-state index is 12.4. The summed E-state index contributed by atoms with van der Waals surface area (Å²) >= 11 is 0. The molecule has 0 spiro atoms. The van der Waals surface area contributed by atoms with Crippen molar-refractivity contribution in [1.29, 1.82) is 0 Å². The highest BCUT2D eigenvalue weighted by atomic mass is 32.2. The third kappa shape index (κ3) is 6.25. The van der Waals surface area contributed by atoms with E-state index in [2.05, 4.69) is 10.0 Å². The number of amides is 1. The van der Waals surface area contributed by atoms with Crippen LogP contribution in [0.5, 0.6) is 0 Å². The Labute approximate surface area is 181 Å². The van der Waals surface area contributed by atoms with Crippen molar-refractivity contribution >= 4 is 33.4 Å². The molecular formula is C21H27N3O6S. The monoisotopic (exact) mass is 449 g/mol. The van der Waals surface area contributed by atoms with Gasteiger partial charge in [-0.1, -0.05) is 0 Å². The molecule has 0 atom stereocenters. The quantitative estimate of drug-likeness (QED) is 0.447. The standard InChI is InChI=1S/C21H27N3O6S/c1-13(2)24-14(3)10-19(15(24)4)20(26)12-30-21(27)11-22-31(28,29)18-8-6-17(7-9-18)23-16(5)25/h6-10,13,22H,11-12H2,1-5H3,(H,23,25). The van der Waals surface area contributed by atoms with Gasteiger partial charge < -0.3 is 14.6 Å². The van der Waals surface area contributed by atoms with E-state index >= 15 is 0 Å².